The third-order valence-electron chi connectivity index (χ3n) is 5.74. The van der Waals surface area contributed by atoms with Crippen molar-refractivity contribution in [2.75, 3.05) is 0 Å². The van der Waals surface area contributed by atoms with E-state index < -0.39 is 6.37 Å². The Labute approximate surface area is 166 Å². The fraction of sp³-hybridized carbons (Fsp3) is 0.346. The zero-order valence-electron chi connectivity index (χ0n) is 18.4. The van der Waals surface area contributed by atoms with Crippen molar-refractivity contribution in [2.45, 2.75) is 45.4 Å². The highest BCUT2D eigenvalue weighted by Crippen LogP contribution is 2.29. The SMILES string of the molecule is [2H]C([2H])(c1cccc(-c2cc[n+](C)c(-c3ccccc3C)c2)c1)C1CCCCC1. The van der Waals surface area contributed by atoms with Crippen molar-refractivity contribution in [3.8, 4) is 22.4 Å². The fourth-order valence-corrected chi connectivity index (χ4v) is 4.15. The van der Waals surface area contributed by atoms with Gasteiger partial charge in [0.05, 0.1) is 0 Å². The second-order valence-corrected chi connectivity index (χ2v) is 7.79. The van der Waals surface area contributed by atoms with E-state index >= 15 is 0 Å². The van der Waals surface area contributed by atoms with Crippen molar-refractivity contribution < 1.29 is 7.31 Å². The first kappa shape index (κ1) is 15.6. The second kappa shape index (κ2) is 8.08. The van der Waals surface area contributed by atoms with Gasteiger partial charge in [0.2, 0.25) is 5.69 Å². The van der Waals surface area contributed by atoms with Gasteiger partial charge in [-0.05, 0) is 47.5 Å². The van der Waals surface area contributed by atoms with Gasteiger partial charge in [0.25, 0.3) is 0 Å². The molecule has 0 bridgehead atoms. The van der Waals surface area contributed by atoms with Gasteiger partial charge in [-0.2, -0.15) is 0 Å². The van der Waals surface area contributed by atoms with E-state index in [-0.39, 0.29) is 5.92 Å². The van der Waals surface area contributed by atoms with Crippen LogP contribution in [0.1, 0.15) is 46.0 Å². The minimum atomic E-state index is -1.27. The van der Waals surface area contributed by atoms with Gasteiger partial charge in [-0.25, -0.2) is 4.57 Å². The quantitative estimate of drug-likeness (QED) is 0.483. The fourth-order valence-electron chi connectivity index (χ4n) is 4.15. The van der Waals surface area contributed by atoms with Crippen LogP contribution in [0.5, 0.6) is 0 Å². The van der Waals surface area contributed by atoms with Crippen LogP contribution in [0.15, 0.2) is 66.9 Å². The molecule has 3 aromatic rings. The normalized spacial score (nSPS) is 16.7. The first-order valence-corrected chi connectivity index (χ1v) is 10.1. The number of hydrogen-bond donors (Lipinski definition) is 0. The summed E-state index contributed by atoms with van der Waals surface area (Å²) in [5, 5.41) is 0. The van der Waals surface area contributed by atoms with Crippen molar-refractivity contribution >= 4 is 0 Å². The molecule has 1 aliphatic carbocycles. The van der Waals surface area contributed by atoms with Gasteiger partial charge in [-0.1, -0.05) is 74.6 Å². The highest BCUT2D eigenvalue weighted by Gasteiger charge is 2.16. The zero-order valence-corrected chi connectivity index (χ0v) is 16.4. The zero-order chi connectivity index (χ0) is 20.4. The summed E-state index contributed by atoms with van der Waals surface area (Å²) in [6.07, 6.45) is 6.37. The van der Waals surface area contributed by atoms with E-state index in [2.05, 4.69) is 73.3 Å². The molecule has 1 heterocycles. The Kier molecular flexibility index (Phi) is 4.68. The first-order chi connectivity index (χ1) is 14.0. The van der Waals surface area contributed by atoms with E-state index in [1.165, 1.54) is 23.2 Å². The van der Waals surface area contributed by atoms with Gasteiger partial charge >= 0.3 is 0 Å². The number of aryl methyl sites for hydroxylation is 2. The van der Waals surface area contributed by atoms with E-state index in [1.807, 2.05) is 12.1 Å². The summed E-state index contributed by atoms with van der Waals surface area (Å²) in [5.74, 6) is 0.127. The van der Waals surface area contributed by atoms with E-state index in [4.69, 9.17) is 2.74 Å². The standard InChI is InChI=1S/C26H30N/c1-20-9-6-7-14-25(20)26-19-24(15-16-27(26)2)23-13-8-12-22(18-23)17-21-10-4-3-5-11-21/h6-9,12-16,18-19,21H,3-5,10-11,17H2,1-2H3/q+1/i17D2. The number of aromatic nitrogens is 1. The smallest absolute Gasteiger partial charge is 0.201 e. The lowest BCUT2D eigenvalue weighted by Gasteiger charge is -2.21. The summed E-state index contributed by atoms with van der Waals surface area (Å²) < 4.78 is 19.8. The van der Waals surface area contributed by atoms with Gasteiger partial charge in [0.1, 0.15) is 7.05 Å². The van der Waals surface area contributed by atoms with Gasteiger partial charge in [-0.15, -0.1) is 0 Å². The molecule has 2 aromatic carbocycles. The molecule has 27 heavy (non-hydrogen) atoms. The molecule has 0 saturated heterocycles. The van der Waals surface area contributed by atoms with Crippen LogP contribution in [0.25, 0.3) is 22.4 Å². The van der Waals surface area contributed by atoms with Crippen molar-refractivity contribution in [3.05, 3.63) is 78.0 Å². The van der Waals surface area contributed by atoms with E-state index in [0.29, 0.717) is 0 Å². The van der Waals surface area contributed by atoms with E-state index in [1.54, 1.807) is 0 Å². The summed E-state index contributed by atoms with van der Waals surface area (Å²) in [4.78, 5) is 0. The van der Waals surface area contributed by atoms with Crippen molar-refractivity contribution in [3.63, 3.8) is 0 Å². The molecule has 1 fully saturated rings. The number of nitrogens with zero attached hydrogens (tertiary/aromatic N) is 1. The highest BCUT2D eigenvalue weighted by molar-refractivity contribution is 5.70. The molecule has 0 unspecified atom stereocenters. The van der Waals surface area contributed by atoms with Gasteiger partial charge in [0, 0.05) is 20.4 Å². The molecule has 138 valence electrons. The molecule has 0 atom stereocenters. The highest BCUT2D eigenvalue weighted by atomic mass is 14.9. The van der Waals surface area contributed by atoms with Crippen LogP contribution < -0.4 is 4.57 Å². The van der Waals surface area contributed by atoms with Crippen molar-refractivity contribution in [2.24, 2.45) is 13.0 Å². The molecule has 0 spiro atoms. The molecular weight excluding hydrogens is 326 g/mol. The Morgan fingerprint density at radius 3 is 2.52 bits per heavy atom. The van der Waals surface area contributed by atoms with Crippen LogP contribution in [0.2, 0.25) is 0 Å². The first-order valence-electron chi connectivity index (χ1n) is 11.1. The molecule has 0 radical (unpaired) electrons. The Morgan fingerprint density at radius 1 is 0.926 bits per heavy atom. The van der Waals surface area contributed by atoms with Crippen molar-refractivity contribution in [1.29, 1.82) is 0 Å². The molecule has 1 heteroatoms. The third kappa shape index (κ3) is 4.13. The Morgan fingerprint density at radius 2 is 1.70 bits per heavy atom. The average molecular weight is 359 g/mol. The molecule has 0 amide bonds. The molecule has 1 aromatic heterocycles. The van der Waals surface area contributed by atoms with Gasteiger partial charge < -0.3 is 0 Å². The monoisotopic (exact) mass is 358 g/mol. The minimum absolute atomic E-state index is 0.127. The number of pyridine rings is 1. The second-order valence-electron chi connectivity index (χ2n) is 7.79. The van der Waals surface area contributed by atoms with Crippen LogP contribution >= 0.6 is 0 Å². The molecule has 1 saturated carbocycles. The Hall–Kier alpha value is -2.41. The van der Waals surface area contributed by atoms with Crippen molar-refractivity contribution in [1.82, 2.24) is 0 Å². The lowest BCUT2D eigenvalue weighted by atomic mass is 9.84. The average Bonchev–Trinajstić information content (AvgIpc) is 2.75. The van der Waals surface area contributed by atoms with Crippen LogP contribution in [-0.2, 0) is 13.4 Å². The lowest BCUT2D eigenvalue weighted by Crippen LogP contribution is -2.30. The largest absolute Gasteiger partial charge is 0.213 e. The summed E-state index contributed by atoms with van der Waals surface area (Å²) in [7, 11) is 2.07. The number of rotatable bonds is 4. The lowest BCUT2D eigenvalue weighted by molar-refractivity contribution is -0.660. The summed E-state index contributed by atoms with van der Waals surface area (Å²) in [6.45, 7) is 2.14. The van der Waals surface area contributed by atoms with Crippen LogP contribution in [-0.4, -0.2) is 0 Å². The summed E-state index contributed by atoms with van der Waals surface area (Å²) >= 11 is 0. The molecule has 0 N–H and O–H groups in total. The number of hydrogen-bond acceptors (Lipinski definition) is 0. The summed E-state index contributed by atoms with van der Waals surface area (Å²) in [6, 6.07) is 20.9. The predicted molar refractivity (Wildman–Crippen MR) is 114 cm³/mol. The minimum Gasteiger partial charge on any atom is -0.201 e. The Bertz CT molecular complexity index is 1000. The molecule has 4 rings (SSSR count). The van der Waals surface area contributed by atoms with Gasteiger partial charge in [-0.3, -0.25) is 0 Å². The maximum atomic E-state index is 8.82. The van der Waals surface area contributed by atoms with Crippen LogP contribution in [0, 0.1) is 12.8 Å². The summed E-state index contributed by atoms with van der Waals surface area (Å²) in [5.41, 5.74) is 6.67. The molecule has 1 nitrogen and oxygen atoms in total. The topological polar surface area (TPSA) is 3.88 Å². The molecule has 1 aliphatic rings. The van der Waals surface area contributed by atoms with E-state index in [0.717, 1.165) is 42.4 Å². The number of benzene rings is 2. The third-order valence-corrected chi connectivity index (χ3v) is 5.74. The van der Waals surface area contributed by atoms with Crippen LogP contribution in [0.4, 0.5) is 0 Å². The van der Waals surface area contributed by atoms with Crippen LogP contribution in [0.3, 0.4) is 0 Å². The molecular formula is C26H30N+. The Balaban J connectivity index is 1.72. The predicted octanol–water partition coefficient (Wildman–Crippen LogP) is 6.28. The van der Waals surface area contributed by atoms with E-state index in [9.17, 15) is 0 Å². The van der Waals surface area contributed by atoms with Gasteiger partial charge in [0.15, 0.2) is 6.20 Å². The maximum absolute atomic E-state index is 8.82. The molecule has 0 aliphatic heterocycles. The maximum Gasteiger partial charge on any atom is 0.213 e.